The molecule has 0 saturated heterocycles. The van der Waals surface area contributed by atoms with Crippen molar-refractivity contribution in [1.29, 1.82) is 0 Å². The van der Waals surface area contributed by atoms with Crippen LogP contribution in [-0.4, -0.2) is 16.0 Å². The third-order valence-corrected chi connectivity index (χ3v) is 3.96. The van der Waals surface area contributed by atoms with Gasteiger partial charge in [-0.2, -0.15) is 11.3 Å². The number of benzene rings is 1. The third kappa shape index (κ3) is 2.17. The number of hydrogen-bond acceptors (Lipinski definition) is 3. The van der Waals surface area contributed by atoms with E-state index in [9.17, 15) is 4.79 Å². The first-order valence-corrected chi connectivity index (χ1v) is 6.75. The maximum absolute atomic E-state index is 10.9. The van der Waals surface area contributed by atoms with E-state index in [1.807, 2.05) is 6.07 Å². The molecule has 4 heteroatoms. The first-order chi connectivity index (χ1) is 8.72. The summed E-state index contributed by atoms with van der Waals surface area (Å²) in [5.74, 6) is -0.853. The molecule has 0 unspecified atom stereocenters. The minimum Gasteiger partial charge on any atom is -0.478 e. The Morgan fingerprint density at radius 2 is 2.11 bits per heavy atom. The molecular formula is C14H13NO2S. The fourth-order valence-corrected chi connectivity index (χ4v) is 3.01. The minimum atomic E-state index is -0.853. The van der Waals surface area contributed by atoms with Crippen molar-refractivity contribution in [2.75, 3.05) is 0 Å². The Kier molecular flexibility index (Phi) is 2.89. The number of nitrogens with zero attached hydrogens (tertiary/aromatic N) is 1. The zero-order chi connectivity index (χ0) is 12.5. The summed E-state index contributed by atoms with van der Waals surface area (Å²) in [5, 5.41) is 13.2. The smallest absolute Gasteiger partial charge is 0.335 e. The molecule has 1 N–H and O–H groups in total. The number of carboxylic acids is 1. The molecule has 2 heterocycles. The molecule has 1 aliphatic rings. The SMILES string of the molecule is O=C(O)c1ccc2c(c1)CN(Cc1ccsc1)C2. The van der Waals surface area contributed by atoms with Gasteiger partial charge in [-0.3, -0.25) is 4.90 Å². The van der Waals surface area contributed by atoms with Crippen LogP contribution in [0.3, 0.4) is 0 Å². The molecule has 0 amide bonds. The second-order valence-corrected chi connectivity index (χ2v) is 5.35. The van der Waals surface area contributed by atoms with Crippen LogP contribution in [0.2, 0.25) is 0 Å². The lowest BCUT2D eigenvalue weighted by Crippen LogP contribution is -2.14. The molecule has 1 aromatic carbocycles. The zero-order valence-electron chi connectivity index (χ0n) is 9.80. The van der Waals surface area contributed by atoms with E-state index in [1.54, 1.807) is 23.5 Å². The molecule has 18 heavy (non-hydrogen) atoms. The average Bonchev–Trinajstić information content (AvgIpc) is 2.96. The van der Waals surface area contributed by atoms with Crippen LogP contribution in [0.15, 0.2) is 35.0 Å². The topological polar surface area (TPSA) is 40.5 Å². The van der Waals surface area contributed by atoms with Crippen LogP contribution in [0, 0.1) is 0 Å². The number of aromatic carboxylic acids is 1. The molecule has 0 bridgehead atoms. The molecule has 0 radical (unpaired) electrons. The lowest BCUT2D eigenvalue weighted by molar-refractivity contribution is 0.0696. The van der Waals surface area contributed by atoms with Crippen LogP contribution in [0.5, 0.6) is 0 Å². The quantitative estimate of drug-likeness (QED) is 0.921. The Morgan fingerprint density at radius 3 is 2.83 bits per heavy atom. The number of fused-ring (bicyclic) bond motifs is 1. The van der Waals surface area contributed by atoms with Gasteiger partial charge in [-0.1, -0.05) is 6.07 Å². The Balaban J connectivity index is 1.77. The molecule has 2 aromatic rings. The molecular weight excluding hydrogens is 246 g/mol. The van der Waals surface area contributed by atoms with E-state index < -0.39 is 5.97 Å². The molecule has 0 atom stereocenters. The lowest BCUT2D eigenvalue weighted by Gasteiger charge is -2.13. The number of rotatable bonds is 3. The van der Waals surface area contributed by atoms with Gasteiger partial charge in [0, 0.05) is 19.6 Å². The maximum atomic E-state index is 10.9. The van der Waals surface area contributed by atoms with Crippen molar-refractivity contribution in [2.24, 2.45) is 0 Å². The first kappa shape index (κ1) is 11.4. The van der Waals surface area contributed by atoms with Crippen LogP contribution >= 0.6 is 11.3 Å². The molecule has 0 spiro atoms. The predicted octanol–water partition coefficient (Wildman–Crippen LogP) is 2.96. The zero-order valence-corrected chi connectivity index (χ0v) is 10.6. The van der Waals surface area contributed by atoms with Crippen molar-refractivity contribution in [2.45, 2.75) is 19.6 Å². The number of carbonyl (C=O) groups is 1. The largest absolute Gasteiger partial charge is 0.478 e. The molecule has 92 valence electrons. The van der Waals surface area contributed by atoms with Gasteiger partial charge in [-0.15, -0.1) is 0 Å². The molecule has 0 aliphatic carbocycles. The van der Waals surface area contributed by atoms with Gasteiger partial charge < -0.3 is 5.11 Å². The minimum absolute atomic E-state index is 0.381. The average molecular weight is 259 g/mol. The summed E-state index contributed by atoms with van der Waals surface area (Å²) in [6.07, 6.45) is 0. The molecule has 0 saturated carbocycles. The van der Waals surface area contributed by atoms with Crippen molar-refractivity contribution < 1.29 is 9.90 Å². The Bertz CT molecular complexity index is 577. The number of carboxylic acid groups (broad SMARTS) is 1. The van der Waals surface area contributed by atoms with Gasteiger partial charge >= 0.3 is 5.97 Å². The Hall–Kier alpha value is -1.65. The van der Waals surface area contributed by atoms with Gasteiger partial charge in [-0.25, -0.2) is 4.79 Å². The number of hydrogen-bond donors (Lipinski definition) is 1. The summed E-state index contributed by atoms with van der Waals surface area (Å²) >= 11 is 1.71. The monoisotopic (exact) mass is 259 g/mol. The first-order valence-electron chi connectivity index (χ1n) is 5.81. The fraction of sp³-hybridized carbons (Fsp3) is 0.214. The normalized spacial score (nSPS) is 14.7. The van der Waals surface area contributed by atoms with Gasteiger partial charge in [0.15, 0.2) is 0 Å². The van der Waals surface area contributed by atoms with E-state index >= 15 is 0 Å². The van der Waals surface area contributed by atoms with Crippen molar-refractivity contribution in [3.8, 4) is 0 Å². The summed E-state index contributed by atoms with van der Waals surface area (Å²) in [5.41, 5.74) is 4.10. The summed E-state index contributed by atoms with van der Waals surface area (Å²) in [6, 6.07) is 7.56. The van der Waals surface area contributed by atoms with Crippen LogP contribution in [0.4, 0.5) is 0 Å². The van der Waals surface area contributed by atoms with Gasteiger partial charge in [0.05, 0.1) is 5.56 Å². The summed E-state index contributed by atoms with van der Waals surface area (Å²) in [6.45, 7) is 2.68. The van der Waals surface area contributed by atoms with E-state index in [0.717, 1.165) is 25.2 Å². The highest BCUT2D eigenvalue weighted by Gasteiger charge is 2.20. The standard InChI is InChI=1S/C14H13NO2S/c16-14(17)11-1-2-12-7-15(8-13(12)5-11)6-10-3-4-18-9-10/h1-5,9H,6-8H2,(H,16,17). The summed E-state index contributed by atoms with van der Waals surface area (Å²) in [7, 11) is 0. The molecule has 1 aliphatic heterocycles. The van der Waals surface area contributed by atoms with Crippen molar-refractivity contribution in [1.82, 2.24) is 4.90 Å². The summed E-state index contributed by atoms with van der Waals surface area (Å²) in [4.78, 5) is 13.3. The Labute approximate surface area is 109 Å². The molecule has 3 nitrogen and oxygen atoms in total. The van der Waals surface area contributed by atoms with Crippen LogP contribution in [0.1, 0.15) is 27.0 Å². The maximum Gasteiger partial charge on any atom is 0.335 e. The van der Waals surface area contributed by atoms with E-state index in [4.69, 9.17) is 5.11 Å². The second-order valence-electron chi connectivity index (χ2n) is 4.57. The number of thiophene rings is 1. The van der Waals surface area contributed by atoms with Gasteiger partial charge in [0.2, 0.25) is 0 Å². The molecule has 1 aromatic heterocycles. The van der Waals surface area contributed by atoms with Crippen molar-refractivity contribution >= 4 is 17.3 Å². The highest BCUT2D eigenvalue weighted by Crippen LogP contribution is 2.25. The van der Waals surface area contributed by atoms with E-state index in [-0.39, 0.29) is 0 Å². The second kappa shape index (κ2) is 4.55. The van der Waals surface area contributed by atoms with Crippen LogP contribution in [0.25, 0.3) is 0 Å². The summed E-state index contributed by atoms with van der Waals surface area (Å²) < 4.78 is 0. The predicted molar refractivity (Wildman–Crippen MR) is 70.7 cm³/mol. The van der Waals surface area contributed by atoms with E-state index in [0.29, 0.717) is 5.56 Å². The highest BCUT2D eigenvalue weighted by molar-refractivity contribution is 7.07. The Morgan fingerprint density at radius 1 is 1.28 bits per heavy atom. The van der Waals surface area contributed by atoms with Crippen molar-refractivity contribution in [3.05, 3.63) is 57.3 Å². The van der Waals surface area contributed by atoms with E-state index in [1.165, 1.54) is 11.1 Å². The highest BCUT2D eigenvalue weighted by atomic mass is 32.1. The van der Waals surface area contributed by atoms with Crippen LogP contribution < -0.4 is 0 Å². The fourth-order valence-electron chi connectivity index (χ4n) is 2.35. The molecule has 3 rings (SSSR count). The lowest BCUT2D eigenvalue weighted by atomic mass is 10.1. The van der Waals surface area contributed by atoms with Crippen LogP contribution in [-0.2, 0) is 19.6 Å². The third-order valence-electron chi connectivity index (χ3n) is 3.23. The van der Waals surface area contributed by atoms with Gasteiger partial charge in [-0.05, 0) is 45.6 Å². The van der Waals surface area contributed by atoms with Gasteiger partial charge in [0.1, 0.15) is 0 Å². The molecule has 0 fully saturated rings. The van der Waals surface area contributed by atoms with Crippen molar-refractivity contribution in [3.63, 3.8) is 0 Å². The van der Waals surface area contributed by atoms with Gasteiger partial charge in [0.25, 0.3) is 0 Å². The van der Waals surface area contributed by atoms with E-state index in [2.05, 4.69) is 21.7 Å².